The fourth-order valence-corrected chi connectivity index (χ4v) is 1.32. The van der Waals surface area contributed by atoms with Crippen LogP contribution in [-0.2, 0) is 4.74 Å². The summed E-state index contributed by atoms with van der Waals surface area (Å²) in [6.07, 6.45) is -2.41. The highest BCUT2D eigenvalue weighted by Crippen LogP contribution is 2.22. The van der Waals surface area contributed by atoms with Crippen molar-refractivity contribution in [3.8, 4) is 0 Å². The van der Waals surface area contributed by atoms with Crippen molar-refractivity contribution in [2.75, 3.05) is 18.5 Å². The van der Waals surface area contributed by atoms with Crippen molar-refractivity contribution in [2.45, 2.75) is 12.5 Å². The van der Waals surface area contributed by atoms with Gasteiger partial charge in [0.25, 0.3) is 6.43 Å². The third-order valence-corrected chi connectivity index (χ3v) is 2.15. The predicted octanol–water partition coefficient (Wildman–Crippen LogP) is 2.43. The first-order valence-electron chi connectivity index (χ1n) is 4.48. The molecule has 1 heterocycles. The second-order valence-corrected chi connectivity index (χ2v) is 3.30. The minimum atomic E-state index is -2.41. The lowest BCUT2D eigenvalue weighted by atomic mass is 10.2. The number of rotatable bonds is 3. The third-order valence-electron chi connectivity index (χ3n) is 2.15. The van der Waals surface area contributed by atoms with E-state index in [4.69, 9.17) is 4.74 Å². The molecule has 1 fully saturated rings. The highest BCUT2D eigenvalue weighted by molar-refractivity contribution is 5.47. The Morgan fingerprint density at radius 1 is 1.36 bits per heavy atom. The van der Waals surface area contributed by atoms with Gasteiger partial charge in [-0.05, 0) is 12.1 Å². The van der Waals surface area contributed by atoms with E-state index in [1.54, 1.807) is 12.1 Å². The van der Waals surface area contributed by atoms with Gasteiger partial charge in [0.15, 0.2) is 0 Å². The average molecular weight is 199 g/mol. The van der Waals surface area contributed by atoms with Crippen molar-refractivity contribution in [3.63, 3.8) is 0 Å². The van der Waals surface area contributed by atoms with Crippen LogP contribution in [0.15, 0.2) is 24.3 Å². The van der Waals surface area contributed by atoms with E-state index in [-0.39, 0.29) is 11.6 Å². The molecule has 1 aliphatic rings. The molecule has 76 valence electrons. The maximum Gasteiger partial charge on any atom is 0.263 e. The van der Waals surface area contributed by atoms with E-state index in [1.807, 2.05) is 0 Å². The molecule has 0 bridgehead atoms. The van der Waals surface area contributed by atoms with Crippen molar-refractivity contribution >= 4 is 5.69 Å². The van der Waals surface area contributed by atoms with Gasteiger partial charge in [0.2, 0.25) is 0 Å². The van der Waals surface area contributed by atoms with Crippen LogP contribution < -0.4 is 5.32 Å². The lowest BCUT2D eigenvalue weighted by Gasteiger charge is -2.27. The molecular weight excluding hydrogens is 188 g/mol. The number of halogens is 2. The van der Waals surface area contributed by atoms with Crippen LogP contribution >= 0.6 is 0 Å². The van der Waals surface area contributed by atoms with Crippen LogP contribution in [0, 0.1) is 0 Å². The molecular formula is C10H11F2NO. The SMILES string of the molecule is FC(F)c1cccc(NC2COC2)c1. The zero-order valence-corrected chi connectivity index (χ0v) is 7.54. The standard InChI is InChI=1S/C10H11F2NO/c11-10(12)7-2-1-3-8(4-7)13-9-5-14-6-9/h1-4,9-10,13H,5-6H2. The fraction of sp³-hybridized carbons (Fsp3) is 0.400. The molecule has 14 heavy (non-hydrogen) atoms. The van der Waals surface area contributed by atoms with Gasteiger partial charge in [-0.25, -0.2) is 8.78 Å². The summed E-state index contributed by atoms with van der Waals surface area (Å²) in [6.45, 7) is 1.30. The van der Waals surface area contributed by atoms with Crippen LogP contribution in [-0.4, -0.2) is 19.3 Å². The summed E-state index contributed by atoms with van der Waals surface area (Å²) >= 11 is 0. The lowest BCUT2D eigenvalue weighted by molar-refractivity contribution is 0.0211. The Hall–Kier alpha value is -1.16. The zero-order chi connectivity index (χ0) is 9.97. The summed E-state index contributed by atoms with van der Waals surface area (Å²) in [5.74, 6) is 0. The van der Waals surface area contributed by atoms with E-state index < -0.39 is 6.43 Å². The predicted molar refractivity (Wildman–Crippen MR) is 49.6 cm³/mol. The van der Waals surface area contributed by atoms with E-state index in [1.165, 1.54) is 12.1 Å². The Labute approximate surface area is 80.9 Å². The second kappa shape index (κ2) is 3.92. The van der Waals surface area contributed by atoms with Gasteiger partial charge in [-0.1, -0.05) is 12.1 Å². The number of alkyl halides is 2. The van der Waals surface area contributed by atoms with Crippen LogP contribution in [0.1, 0.15) is 12.0 Å². The first-order valence-corrected chi connectivity index (χ1v) is 4.48. The molecule has 0 saturated carbocycles. The van der Waals surface area contributed by atoms with Crippen molar-refractivity contribution in [3.05, 3.63) is 29.8 Å². The van der Waals surface area contributed by atoms with E-state index >= 15 is 0 Å². The Kier molecular flexibility index (Phi) is 2.63. The van der Waals surface area contributed by atoms with Crippen molar-refractivity contribution < 1.29 is 13.5 Å². The number of ether oxygens (including phenoxy) is 1. The Morgan fingerprint density at radius 2 is 2.14 bits per heavy atom. The summed E-state index contributed by atoms with van der Waals surface area (Å²) in [6, 6.07) is 6.58. The largest absolute Gasteiger partial charge is 0.378 e. The van der Waals surface area contributed by atoms with Crippen molar-refractivity contribution in [1.82, 2.24) is 0 Å². The highest BCUT2D eigenvalue weighted by atomic mass is 19.3. The maximum atomic E-state index is 12.3. The summed E-state index contributed by atoms with van der Waals surface area (Å²) < 4.78 is 29.6. The minimum absolute atomic E-state index is 0.0511. The molecule has 2 nitrogen and oxygen atoms in total. The van der Waals surface area contributed by atoms with Gasteiger partial charge < -0.3 is 10.1 Å². The van der Waals surface area contributed by atoms with Crippen LogP contribution in [0.2, 0.25) is 0 Å². The van der Waals surface area contributed by atoms with Crippen LogP contribution in [0.25, 0.3) is 0 Å². The van der Waals surface area contributed by atoms with Crippen molar-refractivity contribution in [2.24, 2.45) is 0 Å². The molecule has 0 aliphatic carbocycles. The van der Waals surface area contributed by atoms with Crippen LogP contribution in [0.4, 0.5) is 14.5 Å². The van der Waals surface area contributed by atoms with Gasteiger partial charge in [0.05, 0.1) is 19.3 Å². The number of hydrogen-bond acceptors (Lipinski definition) is 2. The van der Waals surface area contributed by atoms with Gasteiger partial charge >= 0.3 is 0 Å². The molecule has 0 unspecified atom stereocenters. The van der Waals surface area contributed by atoms with E-state index in [2.05, 4.69) is 5.32 Å². The zero-order valence-electron chi connectivity index (χ0n) is 7.54. The van der Waals surface area contributed by atoms with E-state index in [0.29, 0.717) is 13.2 Å². The van der Waals surface area contributed by atoms with Gasteiger partial charge in [-0.15, -0.1) is 0 Å². The number of anilines is 1. The van der Waals surface area contributed by atoms with Crippen LogP contribution in [0.3, 0.4) is 0 Å². The lowest BCUT2D eigenvalue weighted by Crippen LogP contribution is -2.40. The quantitative estimate of drug-likeness (QED) is 0.807. The fourth-order valence-electron chi connectivity index (χ4n) is 1.32. The Bertz CT molecular complexity index is 313. The Morgan fingerprint density at radius 3 is 2.71 bits per heavy atom. The Balaban J connectivity index is 2.05. The number of hydrogen-bond donors (Lipinski definition) is 1. The molecule has 0 aromatic heterocycles. The normalized spacial score (nSPS) is 16.8. The molecule has 2 rings (SSSR count). The number of benzene rings is 1. The first kappa shape index (κ1) is 9.40. The molecule has 1 N–H and O–H groups in total. The maximum absolute atomic E-state index is 12.3. The summed E-state index contributed by atoms with van der Waals surface area (Å²) in [7, 11) is 0. The second-order valence-electron chi connectivity index (χ2n) is 3.30. The van der Waals surface area contributed by atoms with Gasteiger partial charge in [0.1, 0.15) is 0 Å². The highest BCUT2D eigenvalue weighted by Gasteiger charge is 2.18. The molecule has 1 aromatic carbocycles. The van der Waals surface area contributed by atoms with Crippen LogP contribution in [0.5, 0.6) is 0 Å². The smallest absolute Gasteiger partial charge is 0.263 e. The molecule has 4 heteroatoms. The first-order chi connectivity index (χ1) is 6.75. The van der Waals surface area contributed by atoms with Gasteiger partial charge in [-0.2, -0.15) is 0 Å². The topological polar surface area (TPSA) is 21.3 Å². The molecule has 1 aliphatic heterocycles. The monoisotopic (exact) mass is 199 g/mol. The summed E-state index contributed by atoms with van der Waals surface area (Å²) in [5.41, 5.74) is 0.784. The third kappa shape index (κ3) is 2.01. The van der Waals surface area contributed by atoms with E-state index in [0.717, 1.165) is 5.69 Å². The van der Waals surface area contributed by atoms with Gasteiger partial charge in [0, 0.05) is 11.3 Å². The van der Waals surface area contributed by atoms with E-state index in [9.17, 15) is 8.78 Å². The molecule has 0 radical (unpaired) electrons. The molecule has 0 spiro atoms. The average Bonchev–Trinajstić information content (AvgIpc) is 2.12. The summed E-state index contributed by atoms with van der Waals surface area (Å²) in [5, 5.41) is 3.12. The molecule has 0 atom stereocenters. The minimum Gasteiger partial charge on any atom is -0.378 e. The molecule has 1 aromatic rings. The molecule has 0 amide bonds. The van der Waals surface area contributed by atoms with Crippen molar-refractivity contribution in [1.29, 1.82) is 0 Å². The summed E-state index contributed by atoms with van der Waals surface area (Å²) in [4.78, 5) is 0. The van der Waals surface area contributed by atoms with Gasteiger partial charge in [-0.3, -0.25) is 0 Å². The number of nitrogens with one attached hydrogen (secondary N) is 1. The molecule has 1 saturated heterocycles.